The second-order valence-electron chi connectivity index (χ2n) is 3.52. The van der Waals surface area contributed by atoms with Gasteiger partial charge in [-0.25, -0.2) is 9.59 Å². The minimum Gasteiger partial charge on any atom is -0.462 e. The molecule has 0 fully saturated rings. The van der Waals surface area contributed by atoms with Crippen LogP contribution in [-0.2, 0) is 24.4 Å². The maximum Gasteiger partial charge on any atom is 0.345 e. The average Bonchev–Trinajstić information content (AvgIpc) is 2.45. The number of halogens is 1. The molecule has 0 saturated heterocycles. The molecule has 0 aliphatic heterocycles. The Morgan fingerprint density at radius 3 is 2.20 bits per heavy atom. The first-order chi connectivity index (χ1) is 9.63. The van der Waals surface area contributed by atoms with Crippen LogP contribution >= 0.6 is 15.9 Å². The zero-order valence-electron chi connectivity index (χ0n) is 11.3. The number of alkyl halides is 1. The predicted octanol–water partition coefficient (Wildman–Crippen LogP) is 1.88. The minimum absolute atomic E-state index is 0.168. The predicted molar refractivity (Wildman–Crippen MR) is 75.9 cm³/mol. The van der Waals surface area contributed by atoms with Crippen LogP contribution in [0.1, 0.15) is 25.2 Å². The van der Waals surface area contributed by atoms with Crippen LogP contribution in [0.2, 0.25) is 0 Å². The highest BCUT2D eigenvalue weighted by atomic mass is 79.9. The summed E-state index contributed by atoms with van der Waals surface area (Å²) in [7, 11) is 0. The van der Waals surface area contributed by atoms with Crippen molar-refractivity contribution in [2.45, 2.75) is 19.2 Å². The van der Waals surface area contributed by atoms with Gasteiger partial charge in [-0.3, -0.25) is 9.97 Å². The number of carbonyl (C=O) groups is 2. The zero-order valence-corrected chi connectivity index (χ0v) is 12.8. The number of hydrogen-bond acceptors (Lipinski definition) is 6. The lowest BCUT2D eigenvalue weighted by Crippen LogP contribution is -2.18. The smallest absolute Gasteiger partial charge is 0.345 e. The van der Waals surface area contributed by atoms with Gasteiger partial charge in [0, 0.05) is 17.7 Å². The van der Waals surface area contributed by atoms with Crippen LogP contribution in [-0.4, -0.2) is 35.1 Å². The van der Waals surface area contributed by atoms with E-state index in [2.05, 4.69) is 25.9 Å². The van der Waals surface area contributed by atoms with E-state index in [-0.39, 0.29) is 18.8 Å². The van der Waals surface area contributed by atoms with E-state index in [1.165, 1.54) is 18.5 Å². The summed E-state index contributed by atoms with van der Waals surface area (Å²) in [6.07, 6.45) is 4.34. The van der Waals surface area contributed by atoms with Gasteiger partial charge < -0.3 is 9.47 Å². The molecule has 0 aliphatic carbocycles. The molecule has 0 amide bonds. The quantitative estimate of drug-likeness (QED) is 0.258. The Bertz CT molecular complexity index is 497. The summed E-state index contributed by atoms with van der Waals surface area (Å²) in [5.74, 6) is -1.48. The Kier molecular flexibility index (Phi) is 6.86. The van der Waals surface area contributed by atoms with Crippen LogP contribution < -0.4 is 0 Å². The third-order valence-corrected chi connectivity index (χ3v) is 2.74. The van der Waals surface area contributed by atoms with Crippen LogP contribution in [0.5, 0.6) is 0 Å². The first-order valence-corrected chi connectivity index (χ1v) is 7.17. The van der Waals surface area contributed by atoms with E-state index in [0.29, 0.717) is 16.7 Å². The molecule has 0 saturated carbocycles. The highest BCUT2D eigenvalue weighted by molar-refractivity contribution is 9.08. The number of hydrogen-bond donors (Lipinski definition) is 0. The fraction of sp³-hybridized carbons (Fsp3) is 0.385. The maximum atomic E-state index is 11.8. The van der Waals surface area contributed by atoms with Gasteiger partial charge in [-0.05, 0) is 19.9 Å². The number of carbonyl (C=O) groups excluding carboxylic acids is 2. The molecule has 1 rings (SSSR count). The molecule has 1 aromatic heterocycles. The minimum atomic E-state index is -0.739. The summed E-state index contributed by atoms with van der Waals surface area (Å²) in [6, 6.07) is 0. The molecule has 108 valence electrons. The molecule has 20 heavy (non-hydrogen) atoms. The number of ether oxygens (including phenoxy) is 2. The second-order valence-corrected chi connectivity index (χ2v) is 4.08. The van der Waals surface area contributed by atoms with Crippen LogP contribution in [0.15, 0.2) is 18.0 Å². The molecule has 0 aromatic carbocycles. The Balaban J connectivity index is 3.17. The molecule has 0 radical (unpaired) electrons. The topological polar surface area (TPSA) is 78.4 Å². The van der Waals surface area contributed by atoms with Gasteiger partial charge in [-0.1, -0.05) is 15.9 Å². The molecule has 1 aromatic rings. The summed E-state index contributed by atoms with van der Waals surface area (Å²) in [5, 5.41) is 0.450. The van der Waals surface area contributed by atoms with Crippen molar-refractivity contribution in [2.75, 3.05) is 13.2 Å². The van der Waals surface area contributed by atoms with Gasteiger partial charge >= 0.3 is 11.9 Å². The molecular formula is C13H15BrN2O4. The summed E-state index contributed by atoms with van der Waals surface area (Å²) in [6.45, 7) is 3.66. The summed E-state index contributed by atoms with van der Waals surface area (Å²) in [5.41, 5.74) is 0.829. The van der Waals surface area contributed by atoms with Crippen molar-refractivity contribution >= 4 is 33.9 Å². The van der Waals surface area contributed by atoms with Gasteiger partial charge in [0.25, 0.3) is 0 Å². The van der Waals surface area contributed by atoms with Crippen molar-refractivity contribution < 1.29 is 19.1 Å². The van der Waals surface area contributed by atoms with E-state index in [4.69, 9.17) is 9.47 Å². The van der Waals surface area contributed by atoms with E-state index >= 15 is 0 Å². The molecule has 1 heterocycles. The summed E-state index contributed by atoms with van der Waals surface area (Å²) < 4.78 is 9.70. The van der Waals surface area contributed by atoms with E-state index in [1.54, 1.807) is 13.8 Å². The standard InChI is InChI=1S/C13H15BrN2O4/c1-3-19-12(17)9(13(18)20-4-2)7-10-11(8-14)16-6-5-15-10/h5-7H,3-4,8H2,1-2H3. The highest BCUT2D eigenvalue weighted by Crippen LogP contribution is 2.13. The van der Waals surface area contributed by atoms with Crippen LogP contribution in [0.3, 0.4) is 0 Å². The second kappa shape index (κ2) is 8.42. The van der Waals surface area contributed by atoms with Crippen molar-refractivity contribution in [3.05, 3.63) is 29.4 Å². The van der Waals surface area contributed by atoms with Crippen molar-refractivity contribution in [2.24, 2.45) is 0 Å². The molecule has 0 spiro atoms. The fourth-order valence-corrected chi connectivity index (χ4v) is 1.79. The third-order valence-electron chi connectivity index (χ3n) is 2.20. The monoisotopic (exact) mass is 342 g/mol. The Hall–Kier alpha value is -1.76. The normalized spacial score (nSPS) is 9.75. The number of nitrogens with zero attached hydrogens (tertiary/aromatic N) is 2. The van der Waals surface area contributed by atoms with Crippen LogP contribution in [0.25, 0.3) is 6.08 Å². The zero-order chi connectivity index (χ0) is 15.0. The fourth-order valence-electron chi connectivity index (χ4n) is 1.36. The number of aromatic nitrogens is 2. The van der Waals surface area contributed by atoms with Gasteiger partial charge in [0.2, 0.25) is 0 Å². The van der Waals surface area contributed by atoms with Crippen LogP contribution in [0, 0.1) is 0 Å². The third kappa shape index (κ3) is 4.41. The molecular weight excluding hydrogens is 328 g/mol. The Morgan fingerprint density at radius 1 is 1.15 bits per heavy atom. The maximum absolute atomic E-state index is 11.8. The van der Waals surface area contributed by atoms with Gasteiger partial charge in [-0.2, -0.15) is 0 Å². The van der Waals surface area contributed by atoms with E-state index < -0.39 is 11.9 Å². The van der Waals surface area contributed by atoms with Crippen molar-refractivity contribution in [1.82, 2.24) is 9.97 Å². The molecule has 0 unspecified atom stereocenters. The van der Waals surface area contributed by atoms with Gasteiger partial charge in [0.15, 0.2) is 0 Å². The summed E-state index contributed by atoms with van der Waals surface area (Å²) in [4.78, 5) is 31.8. The first kappa shape index (κ1) is 16.3. The number of rotatable bonds is 6. The SMILES string of the molecule is CCOC(=O)C(=Cc1nccnc1CBr)C(=O)OCC. The lowest BCUT2D eigenvalue weighted by atomic mass is 10.2. The molecule has 0 bridgehead atoms. The number of esters is 2. The Morgan fingerprint density at radius 2 is 1.70 bits per heavy atom. The highest BCUT2D eigenvalue weighted by Gasteiger charge is 2.21. The molecule has 0 N–H and O–H groups in total. The van der Waals surface area contributed by atoms with E-state index in [0.717, 1.165) is 0 Å². The molecule has 7 heteroatoms. The molecule has 0 aliphatic rings. The van der Waals surface area contributed by atoms with Crippen molar-refractivity contribution in [1.29, 1.82) is 0 Å². The van der Waals surface area contributed by atoms with E-state index in [9.17, 15) is 9.59 Å². The lowest BCUT2D eigenvalue weighted by molar-refractivity contribution is -0.146. The van der Waals surface area contributed by atoms with Gasteiger partial charge in [0.05, 0.1) is 24.6 Å². The molecule has 6 nitrogen and oxygen atoms in total. The van der Waals surface area contributed by atoms with E-state index in [1.807, 2.05) is 0 Å². The summed E-state index contributed by atoms with van der Waals surface area (Å²) >= 11 is 3.27. The van der Waals surface area contributed by atoms with Crippen molar-refractivity contribution in [3.8, 4) is 0 Å². The van der Waals surface area contributed by atoms with Gasteiger partial charge in [-0.15, -0.1) is 0 Å². The molecule has 0 atom stereocenters. The largest absolute Gasteiger partial charge is 0.462 e. The Labute approximate surface area is 125 Å². The lowest BCUT2D eigenvalue weighted by Gasteiger charge is -2.07. The first-order valence-electron chi connectivity index (χ1n) is 6.05. The van der Waals surface area contributed by atoms with Gasteiger partial charge in [0.1, 0.15) is 5.57 Å². The van der Waals surface area contributed by atoms with Crippen LogP contribution in [0.4, 0.5) is 0 Å². The van der Waals surface area contributed by atoms with Crippen molar-refractivity contribution in [3.63, 3.8) is 0 Å². The average molecular weight is 343 g/mol.